The molecule has 1 aromatic heterocycles. The van der Waals surface area contributed by atoms with Crippen molar-refractivity contribution in [2.24, 2.45) is 0 Å². The first-order valence-corrected chi connectivity index (χ1v) is 11.4. The van der Waals surface area contributed by atoms with Gasteiger partial charge in [-0.1, -0.05) is 48.2 Å². The van der Waals surface area contributed by atoms with Gasteiger partial charge in [-0.15, -0.1) is 5.10 Å². The van der Waals surface area contributed by atoms with Crippen LogP contribution in [0.1, 0.15) is 5.56 Å². The lowest BCUT2D eigenvalue weighted by Crippen LogP contribution is -2.31. The molecule has 0 atom stereocenters. The summed E-state index contributed by atoms with van der Waals surface area (Å²) in [5.74, 6) is 2.66. The van der Waals surface area contributed by atoms with E-state index in [1.165, 1.54) is 28.8 Å². The van der Waals surface area contributed by atoms with E-state index in [1.807, 2.05) is 48.2 Å². The fraction of sp³-hybridized carbons (Fsp3) is 0.286. The van der Waals surface area contributed by atoms with Gasteiger partial charge in [0.1, 0.15) is 5.03 Å². The molecule has 1 N–H and O–H groups in total. The largest absolute Gasteiger partial charge is 0.325 e. The first-order valence-electron chi connectivity index (χ1n) is 9.30. The van der Waals surface area contributed by atoms with E-state index in [2.05, 4.69) is 32.5 Å². The van der Waals surface area contributed by atoms with Gasteiger partial charge in [-0.2, -0.15) is 16.9 Å². The molecule has 1 aliphatic heterocycles. The predicted molar refractivity (Wildman–Crippen MR) is 118 cm³/mol. The van der Waals surface area contributed by atoms with Crippen molar-refractivity contribution in [3.05, 3.63) is 60.3 Å². The molecule has 0 aliphatic carbocycles. The number of benzene rings is 2. The number of anilines is 1. The molecular formula is C21H22N4OS2. The Morgan fingerprint density at radius 1 is 1.14 bits per heavy atom. The molecule has 28 heavy (non-hydrogen) atoms. The lowest BCUT2D eigenvalue weighted by atomic mass is 10.2. The summed E-state index contributed by atoms with van der Waals surface area (Å²) in [6.07, 6.45) is 1.74. The molecule has 1 amide bonds. The second kappa shape index (κ2) is 9.41. The van der Waals surface area contributed by atoms with Crippen LogP contribution in [0.5, 0.6) is 0 Å². The molecule has 1 saturated heterocycles. The Hall–Kier alpha value is -2.09. The van der Waals surface area contributed by atoms with Gasteiger partial charge in [0.05, 0.1) is 11.9 Å². The van der Waals surface area contributed by atoms with Crippen molar-refractivity contribution in [2.45, 2.75) is 11.6 Å². The Morgan fingerprint density at radius 2 is 2.00 bits per heavy atom. The van der Waals surface area contributed by atoms with Gasteiger partial charge in [0.2, 0.25) is 5.91 Å². The molecule has 0 radical (unpaired) electrons. The number of nitrogens with one attached hydrogen (secondary N) is 1. The standard InChI is InChI=1S/C21H22N4OS2/c26-20(15-28-21-19-7-2-1-5-17(19)13-22-24-21)23-18-6-3-4-16(12-18)14-25-8-10-27-11-9-25/h1-7,12-13H,8-11,14-15H2,(H,23,26). The molecule has 2 heterocycles. The van der Waals surface area contributed by atoms with Crippen LogP contribution >= 0.6 is 23.5 Å². The number of carbonyl (C=O) groups is 1. The Balaban J connectivity index is 1.35. The molecule has 4 rings (SSSR count). The maximum Gasteiger partial charge on any atom is 0.234 e. The number of aromatic nitrogens is 2. The third-order valence-electron chi connectivity index (χ3n) is 4.60. The zero-order valence-electron chi connectivity index (χ0n) is 15.5. The van der Waals surface area contributed by atoms with Crippen molar-refractivity contribution in [3.63, 3.8) is 0 Å². The number of carbonyl (C=O) groups excluding carboxylic acids is 1. The van der Waals surface area contributed by atoms with Gasteiger partial charge in [0.15, 0.2) is 0 Å². The summed E-state index contributed by atoms with van der Waals surface area (Å²) in [5, 5.41) is 14.1. The van der Waals surface area contributed by atoms with Crippen molar-refractivity contribution in [1.82, 2.24) is 15.1 Å². The monoisotopic (exact) mass is 410 g/mol. The van der Waals surface area contributed by atoms with Crippen LogP contribution in [0.4, 0.5) is 5.69 Å². The average Bonchev–Trinajstić information content (AvgIpc) is 2.73. The maximum absolute atomic E-state index is 12.4. The number of amides is 1. The number of rotatable bonds is 6. The summed E-state index contributed by atoms with van der Waals surface area (Å²) in [6, 6.07) is 16.1. The van der Waals surface area contributed by atoms with Gasteiger partial charge >= 0.3 is 0 Å². The van der Waals surface area contributed by atoms with E-state index in [0.717, 1.165) is 41.1 Å². The summed E-state index contributed by atoms with van der Waals surface area (Å²) in [6.45, 7) is 3.19. The van der Waals surface area contributed by atoms with E-state index in [0.29, 0.717) is 5.75 Å². The van der Waals surface area contributed by atoms with E-state index in [-0.39, 0.29) is 5.91 Å². The van der Waals surface area contributed by atoms with Crippen molar-refractivity contribution < 1.29 is 4.79 Å². The van der Waals surface area contributed by atoms with Crippen LogP contribution in [0.3, 0.4) is 0 Å². The minimum atomic E-state index is -0.0359. The average molecular weight is 411 g/mol. The van der Waals surface area contributed by atoms with Crippen molar-refractivity contribution >= 4 is 45.9 Å². The molecular weight excluding hydrogens is 388 g/mol. The lowest BCUT2D eigenvalue weighted by Gasteiger charge is -2.26. The number of nitrogens with zero attached hydrogens (tertiary/aromatic N) is 3. The van der Waals surface area contributed by atoms with E-state index in [4.69, 9.17) is 0 Å². The van der Waals surface area contributed by atoms with Crippen LogP contribution in [0.25, 0.3) is 10.8 Å². The van der Waals surface area contributed by atoms with Crippen LogP contribution in [0, 0.1) is 0 Å². The highest BCUT2D eigenvalue weighted by molar-refractivity contribution is 8.00. The van der Waals surface area contributed by atoms with Crippen LogP contribution in [-0.4, -0.2) is 51.4 Å². The van der Waals surface area contributed by atoms with Crippen LogP contribution in [-0.2, 0) is 11.3 Å². The first kappa shape index (κ1) is 19.2. The quantitative estimate of drug-likeness (QED) is 0.622. The minimum absolute atomic E-state index is 0.0359. The fourth-order valence-electron chi connectivity index (χ4n) is 3.20. The number of hydrogen-bond acceptors (Lipinski definition) is 6. The highest BCUT2D eigenvalue weighted by atomic mass is 32.2. The highest BCUT2D eigenvalue weighted by Crippen LogP contribution is 2.24. The molecule has 0 spiro atoms. The Morgan fingerprint density at radius 3 is 2.89 bits per heavy atom. The van der Waals surface area contributed by atoms with Crippen LogP contribution in [0.2, 0.25) is 0 Å². The van der Waals surface area contributed by atoms with Gasteiger partial charge in [-0.3, -0.25) is 9.69 Å². The smallest absolute Gasteiger partial charge is 0.234 e. The molecule has 0 unspecified atom stereocenters. The van der Waals surface area contributed by atoms with Crippen molar-refractivity contribution in [1.29, 1.82) is 0 Å². The van der Waals surface area contributed by atoms with Crippen LogP contribution < -0.4 is 5.32 Å². The summed E-state index contributed by atoms with van der Waals surface area (Å²) in [4.78, 5) is 14.9. The van der Waals surface area contributed by atoms with E-state index < -0.39 is 0 Å². The number of fused-ring (bicyclic) bond motifs is 1. The molecule has 0 bridgehead atoms. The van der Waals surface area contributed by atoms with E-state index in [9.17, 15) is 4.79 Å². The van der Waals surface area contributed by atoms with Crippen molar-refractivity contribution in [2.75, 3.05) is 35.7 Å². The van der Waals surface area contributed by atoms with Gasteiger partial charge in [-0.25, -0.2) is 0 Å². The van der Waals surface area contributed by atoms with E-state index in [1.54, 1.807) is 6.20 Å². The molecule has 1 aliphatic rings. The zero-order valence-corrected chi connectivity index (χ0v) is 17.1. The SMILES string of the molecule is O=C(CSc1nncc2ccccc12)Nc1cccc(CN2CCSCC2)c1. The summed E-state index contributed by atoms with van der Waals surface area (Å²) in [5.41, 5.74) is 2.08. The highest BCUT2D eigenvalue weighted by Gasteiger charge is 2.12. The minimum Gasteiger partial charge on any atom is -0.325 e. The molecule has 5 nitrogen and oxygen atoms in total. The second-order valence-corrected chi connectivity index (χ2v) is 8.85. The zero-order chi connectivity index (χ0) is 19.2. The molecule has 2 aromatic carbocycles. The Labute approximate surface area is 173 Å². The fourth-order valence-corrected chi connectivity index (χ4v) is 4.97. The normalized spacial score (nSPS) is 14.9. The van der Waals surface area contributed by atoms with Crippen molar-refractivity contribution in [3.8, 4) is 0 Å². The third-order valence-corrected chi connectivity index (χ3v) is 6.52. The van der Waals surface area contributed by atoms with Crippen LogP contribution in [0.15, 0.2) is 59.8 Å². The molecule has 7 heteroatoms. The number of hydrogen-bond donors (Lipinski definition) is 1. The second-order valence-electron chi connectivity index (χ2n) is 6.66. The Kier molecular flexibility index (Phi) is 6.46. The summed E-state index contributed by atoms with van der Waals surface area (Å²) < 4.78 is 0. The molecule has 3 aromatic rings. The number of thioether (sulfide) groups is 2. The first-order chi connectivity index (χ1) is 13.8. The maximum atomic E-state index is 12.4. The third kappa shape index (κ3) is 5.04. The summed E-state index contributed by atoms with van der Waals surface area (Å²) >= 11 is 3.43. The van der Waals surface area contributed by atoms with Gasteiger partial charge in [0.25, 0.3) is 0 Å². The van der Waals surface area contributed by atoms with Gasteiger partial charge in [-0.05, 0) is 17.7 Å². The molecule has 0 saturated carbocycles. The lowest BCUT2D eigenvalue weighted by molar-refractivity contribution is -0.113. The molecule has 144 valence electrons. The topological polar surface area (TPSA) is 58.1 Å². The Bertz CT molecular complexity index is 955. The van der Waals surface area contributed by atoms with Gasteiger partial charge in [0, 0.05) is 47.6 Å². The predicted octanol–water partition coefficient (Wildman–Crippen LogP) is 3.91. The van der Waals surface area contributed by atoms with E-state index >= 15 is 0 Å². The van der Waals surface area contributed by atoms with Gasteiger partial charge < -0.3 is 5.32 Å². The molecule has 1 fully saturated rings. The summed E-state index contributed by atoms with van der Waals surface area (Å²) in [7, 11) is 0.